The third kappa shape index (κ3) is 2.92. The maximum Gasteiger partial charge on any atom is 0.250 e. The summed E-state index contributed by atoms with van der Waals surface area (Å²) in [4.78, 5) is 1.09. The lowest BCUT2D eigenvalue weighted by Gasteiger charge is -2.15. The minimum atomic E-state index is -3.44. The van der Waals surface area contributed by atoms with E-state index in [0.29, 0.717) is 10.8 Å². The van der Waals surface area contributed by atoms with Crippen molar-refractivity contribution >= 4 is 32.3 Å². The van der Waals surface area contributed by atoms with Crippen LogP contribution in [0.25, 0.3) is 10.9 Å². The van der Waals surface area contributed by atoms with Gasteiger partial charge in [-0.05, 0) is 43.0 Å². The van der Waals surface area contributed by atoms with Gasteiger partial charge in [-0.1, -0.05) is 25.1 Å². The Kier molecular flexibility index (Phi) is 4.02. The van der Waals surface area contributed by atoms with E-state index >= 15 is 0 Å². The zero-order valence-electron chi connectivity index (χ0n) is 14.5. The molecular formula is C19H22N2O2S2. The fourth-order valence-corrected chi connectivity index (χ4v) is 5.92. The third-order valence-electron chi connectivity index (χ3n) is 5.17. The molecule has 0 atom stereocenters. The monoisotopic (exact) mass is 374 g/mol. The van der Waals surface area contributed by atoms with Gasteiger partial charge in [0.05, 0.1) is 0 Å². The Hall–Kier alpha value is -1.63. The van der Waals surface area contributed by atoms with Gasteiger partial charge in [0, 0.05) is 41.0 Å². The smallest absolute Gasteiger partial charge is 0.250 e. The van der Waals surface area contributed by atoms with E-state index in [1.54, 1.807) is 6.07 Å². The van der Waals surface area contributed by atoms with Gasteiger partial charge in [-0.25, -0.2) is 13.1 Å². The van der Waals surface area contributed by atoms with Crippen molar-refractivity contribution in [3.8, 4) is 0 Å². The summed E-state index contributed by atoms with van der Waals surface area (Å²) in [5.74, 6) is 0. The molecule has 0 unspecified atom stereocenters. The lowest BCUT2D eigenvalue weighted by molar-refractivity contribution is 0.569. The van der Waals surface area contributed by atoms with Gasteiger partial charge in [0.1, 0.15) is 4.21 Å². The number of hydrogen-bond acceptors (Lipinski definition) is 3. The first-order valence-electron chi connectivity index (χ1n) is 8.58. The number of sulfonamides is 1. The van der Waals surface area contributed by atoms with Crippen molar-refractivity contribution < 1.29 is 8.42 Å². The summed E-state index contributed by atoms with van der Waals surface area (Å²) >= 11 is 1.36. The molecule has 3 aromatic rings. The first kappa shape index (κ1) is 16.8. The molecule has 132 valence electrons. The molecule has 6 heteroatoms. The second-order valence-corrected chi connectivity index (χ2v) is 10.0. The van der Waals surface area contributed by atoms with E-state index in [9.17, 15) is 8.42 Å². The van der Waals surface area contributed by atoms with Crippen molar-refractivity contribution in [3.63, 3.8) is 0 Å². The Morgan fingerprint density at radius 3 is 2.64 bits per heavy atom. The van der Waals surface area contributed by atoms with Crippen molar-refractivity contribution in [1.82, 2.24) is 9.29 Å². The molecule has 1 aromatic carbocycles. The minimum Gasteiger partial charge on any atom is -0.350 e. The highest BCUT2D eigenvalue weighted by atomic mass is 32.2. The van der Waals surface area contributed by atoms with Crippen LogP contribution >= 0.6 is 11.3 Å². The van der Waals surface area contributed by atoms with E-state index in [4.69, 9.17) is 0 Å². The Labute approximate surface area is 152 Å². The molecule has 1 aliphatic carbocycles. The molecular weight excluding hydrogens is 352 g/mol. The summed E-state index contributed by atoms with van der Waals surface area (Å²) in [6.07, 6.45) is 5.06. The van der Waals surface area contributed by atoms with Gasteiger partial charge in [-0.2, -0.15) is 0 Å². The average molecular weight is 375 g/mol. The number of hydrogen-bond donors (Lipinski definition) is 1. The summed E-state index contributed by atoms with van der Waals surface area (Å²) < 4.78 is 30.7. The average Bonchev–Trinajstić information content (AvgIpc) is 3.09. The lowest BCUT2D eigenvalue weighted by Crippen LogP contribution is -2.31. The number of aromatic nitrogens is 1. The van der Waals surface area contributed by atoms with Gasteiger partial charge < -0.3 is 4.57 Å². The van der Waals surface area contributed by atoms with Gasteiger partial charge in [0.25, 0.3) is 0 Å². The molecule has 2 heterocycles. The first-order chi connectivity index (χ1) is 12.0. The Morgan fingerprint density at radius 1 is 1.20 bits per heavy atom. The Bertz CT molecular complexity index is 1030. The van der Waals surface area contributed by atoms with E-state index in [1.165, 1.54) is 27.8 Å². The summed E-state index contributed by atoms with van der Waals surface area (Å²) in [6.45, 7) is 2.50. The number of fused-ring (bicyclic) bond motifs is 1. The van der Waals surface area contributed by atoms with E-state index in [1.807, 2.05) is 32.2 Å². The maximum absolute atomic E-state index is 12.6. The minimum absolute atomic E-state index is 0.0707. The third-order valence-corrected chi connectivity index (χ3v) is 8.30. The van der Waals surface area contributed by atoms with Crippen molar-refractivity contribution in [2.75, 3.05) is 6.54 Å². The highest BCUT2D eigenvalue weighted by molar-refractivity contribution is 7.91. The lowest BCUT2D eigenvalue weighted by atomic mass is 9.96. The van der Waals surface area contributed by atoms with Crippen molar-refractivity contribution in [2.45, 2.75) is 35.8 Å². The van der Waals surface area contributed by atoms with Crippen LogP contribution in [0.4, 0.5) is 0 Å². The summed E-state index contributed by atoms with van der Waals surface area (Å²) in [7, 11) is -1.39. The van der Waals surface area contributed by atoms with Crippen molar-refractivity contribution in [3.05, 3.63) is 53.0 Å². The van der Waals surface area contributed by atoms with Crippen molar-refractivity contribution in [2.24, 2.45) is 7.05 Å². The molecule has 25 heavy (non-hydrogen) atoms. The highest BCUT2D eigenvalue weighted by Gasteiger charge is 2.46. The summed E-state index contributed by atoms with van der Waals surface area (Å²) in [6, 6.07) is 11.9. The van der Waals surface area contributed by atoms with Gasteiger partial charge >= 0.3 is 0 Å². The quantitative estimate of drug-likeness (QED) is 0.713. The van der Waals surface area contributed by atoms with Crippen LogP contribution in [0.15, 0.2) is 46.8 Å². The fraction of sp³-hybridized carbons (Fsp3) is 0.368. The Balaban J connectivity index is 1.60. The number of thiophene rings is 1. The van der Waals surface area contributed by atoms with Gasteiger partial charge in [0.15, 0.2) is 0 Å². The molecule has 0 spiro atoms. The number of para-hydroxylation sites is 1. The number of nitrogens with zero attached hydrogens (tertiary/aromatic N) is 1. The van der Waals surface area contributed by atoms with E-state index in [2.05, 4.69) is 27.6 Å². The van der Waals surface area contributed by atoms with Crippen LogP contribution < -0.4 is 4.72 Å². The highest BCUT2D eigenvalue weighted by Crippen LogP contribution is 2.50. The van der Waals surface area contributed by atoms with E-state index in [0.717, 1.165) is 24.1 Å². The molecule has 1 N–H and O–H groups in total. The number of nitrogens with one attached hydrogen (secondary N) is 1. The second kappa shape index (κ2) is 5.97. The topological polar surface area (TPSA) is 51.1 Å². The predicted octanol–water partition coefficient (Wildman–Crippen LogP) is 3.81. The van der Waals surface area contributed by atoms with E-state index in [-0.39, 0.29) is 5.41 Å². The fourth-order valence-electron chi connectivity index (χ4n) is 3.45. The molecule has 2 aromatic heterocycles. The summed E-state index contributed by atoms with van der Waals surface area (Å²) in [5.41, 5.74) is 2.38. The molecule has 4 rings (SSSR count). The van der Waals surface area contributed by atoms with Crippen LogP contribution in [-0.2, 0) is 28.9 Å². The van der Waals surface area contributed by atoms with Crippen LogP contribution in [0.2, 0.25) is 0 Å². The Morgan fingerprint density at radius 2 is 1.96 bits per heavy atom. The predicted molar refractivity (Wildman–Crippen MR) is 103 cm³/mol. The molecule has 0 bridgehead atoms. The largest absolute Gasteiger partial charge is 0.350 e. The normalized spacial score (nSPS) is 16.4. The van der Waals surface area contributed by atoms with Gasteiger partial charge in [-0.15, -0.1) is 11.3 Å². The molecule has 0 radical (unpaired) electrons. The zero-order chi connectivity index (χ0) is 17.7. The SMILES string of the molecule is CCc1ccc(S(=O)(=O)NCC2(c3cn(C)c4ccccc34)CC2)s1. The number of benzene rings is 1. The molecule has 0 aliphatic heterocycles. The molecule has 4 nitrogen and oxygen atoms in total. The zero-order valence-corrected chi connectivity index (χ0v) is 16.1. The van der Waals surface area contributed by atoms with Crippen LogP contribution in [-0.4, -0.2) is 19.5 Å². The molecule has 0 saturated heterocycles. The second-order valence-electron chi connectivity index (χ2n) is 6.85. The number of rotatable bonds is 6. The van der Waals surface area contributed by atoms with Crippen LogP contribution in [0.3, 0.4) is 0 Å². The van der Waals surface area contributed by atoms with Crippen LogP contribution in [0, 0.1) is 0 Å². The van der Waals surface area contributed by atoms with Crippen LogP contribution in [0.1, 0.15) is 30.2 Å². The first-order valence-corrected chi connectivity index (χ1v) is 10.9. The molecule has 1 saturated carbocycles. The maximum atomic E-state index is 12.6. The van der Waals surface area contributed by atoms with Gasteiger partial charge in [-0.3, -0.25) is 0 Å². The number of aryl methyl sites for hydroxylation is 2. The van der Waals surface area contributed by atoms with E-state index < -0.39 is 10.0 Å². The molecule has 1 fully saturated rings. The summed E-state index contributed by atoms with van der Waals surface area (Å²) in [5, 5.41) is 1.23. The van der Waals surface area contributed by atoms with Crippen molar-refractivity contribution in [1.29, 1.82) is 0 Å². The van der Waals surface area contributed by atoms with Gasteiger partial charge in [0.2, 0.25) is 10.0 Å². The standard InChI is InChI=1S/C19H22N2O2S2/c1-3-14-8-9-18(24-14)25(22,23)20-13-19(10-11-19)16-12-21(2)17-7-5-4-6-15(16)17/h4-9,12,20H,3,10-11,13H2,1-2H3. The molecule has 1 aliphatic rings. The molecule has 0 amide bonds. The van der Waals surface area contributed by atoms with Crippen LogP contribution in [0.5, 0.6) is 0 Å².